The van der Waals surface area contributed by atoms with Gasteiger partial charge >= 0.3 is 0 Å². The zero-order valence-corrected chi connectivity index (χ0v) is 13.4. The minimum absolute atomic E-state index is 0.0170. The number of carbonyl (C=O) groups excluding carboxylic acids is 1. The molecule has 1 aliphatic rings. The maximum absolute atomic E-state index is 13.0. The lowest BCUT2D eigenvalue weighted by Crippen LogP contribution is -2.47. The smallest absolute Gasteiger partial charge is 0.256 e. The molecule has 1 heterocycles. The van der Waals surface area contributed by atoms with Crippen LogP contribution in [0.25, 0.3) is 0 Å². The van der Waals surface area contributed by atoms with Crippen LogP contribution in [0.15, 0.2) is 36.0 Å². The third-order valence-electron chi connectivity index (χ3n) is 4.20. The van der Waals surface area contributed by atoms with Crippen LogP contribution < -0.4 is 5.32 Å². The molecule has 1 aromatic carbocycles. The highest BCUT2D eigenvalue weighted by Crippen LogP contribution is 2.27. The van der Waals surface area contributed by atoms with Crippen LogP contribution in [-0.2, 0) is 0 Å². The molecule has 2 rings (SSSR count). The van der Waals surface area contributed by atoms with E-state index in [1.807, 2.05) is 17.0 Å². The van der Waals surface area contributed by atoms with E-state index < -0.39 is 0 Å². The lowest BCUT2D eigenvalue weighted by atomic mass is 9.96. The van der Waals surface area contributed by atoms with Gasteiger partial charge in [0.15, 0.2) is 0 Å². The Labute approximate surface area is 136 Å². The molecule has 118 valence electrons. The highest BCUT2D eigenvalue weighted by atomic mass is 16.2. The molecule has 5 nitrogen and oxygen atoms in total. The second-order valence-electron chi connectivity index (χ2n) is 5.81. The van der Waals surface area contributed by atoms with Crippen LogP contribution in [0.1, 0.15) is 43.5 Å². The van der Waals surface area contributed by atoms with Gasteiger partial charge in [-0.1, -0.05) is 12.1 Å². The Kier molecular flexibility index (Phi) is 5.38. The molecule has 1 saturated heterocycles. The van der Waals surface area contributed by atoms with Crippen molar-refractivity contribution in [1.29, 1.82) is 10.5 Å². The highest BCUT2D eigenvalue weighted by Gasteiger charge is 2.30. The zero-order valence-electron chi connectivity index (χ0n) is 13.4. The normalized spacial score (nSPS) is 20.1. The van der Waals surface area contributed by atoms with Crippen molar-refractivity contribution >= 4 is 11.6 Å². The fourth-order valence-electron chi connectivity index (χ4n) is 3.00. The summed E-state index contributed by atoms with van der Waals surface area (Å²) in [5, 5.41) is 20.5. The Morgan fingerprint density at radius 2 is 1.83 bits per heavy atom. The van der Waals surface area contributed by atoms with Crippen LogP contribution in [0.4, 0.5) is 5.69 Å². The van der Waals surface area contributed by atoms with Crippen molar-refractivity contribution in [2.45, 2.75) is 45.2 Å². The number of allylic oxidation sites excluding steroid dienone is 1. The van der Waals surface area contributed by atoms with E-state index in [-0.39, 0.29) is 23.6 Å². The summed E-state index contributed by atoms with van der Waals surface area (Å²) in [5.74, 6) is -0.0170. The lowest BCUT2D eigenvalue weighted by Gasteiger charge is -2.39. The summed E-state index contributed by atoms with van der Waals surface area (Å²) in [6.07, 6.45) is 4.49. The molecule has 23 heavy (non-hydrogen) atoms. The highest BCUT2D eigenvalue weighted by molar-refractivity contribution is 6.00. The second-order valence-corrected chi connectivity index (χ2v) is 5.81. The number of carbonyl (C=O) groups is 1. The quantitative estimate of drug-likeness (QED) is 0.867. The first-order valence-electron chi connectivity index (χ1n) is 7.77. The van der Waals surface area contributed by atoms with E-state index in [0.717, 1.165) is 19.3 Å². The van der Waals surface area contributed by atoms with Crippen molar-refractivity contribution in [3.63, 3.8) is 0 Å². The molecular formula is C18H20N4O. The average Bonchev–Trinajstić information content (AvgIpc) is 2.56. The SMILES string of the molecule is CC1CCCC(C)N1C(=O)c1ccccc1NC=C(C#N)C#N. The molecule has 1 N–H and O–H groups in total. The van der Waals surface area contributed by atoms with Crippen molar-refractivity contribution < 1.29 is 4.79 Å². The minimum atomic E-state index is -0.0352. The fraction of sp³-hybridized carbons (Fsp3) is 0.389. The number of para-hydroxylation sites is 1. The molecule has 0 aromatic heterocycles. The predicted molar refractivity (Wildman–Crippen MR) is 88.3 cm³/mol. The van der Waals surface area contributed by atoms with Gasteiger partial charge in [-0.15, -0.1) is 0 Å². The number of hydrogen-bond acceptors (Lipinski definition) is 4. The topological polar surface area (TPSA) is 79.9 Å². The van der Waals surface area contributed by atoms with Crippen LogP contribution in [0.2, 0.25) is 0 Å². The van der Waals surface area contributed by atoms with E-state index in [4.69, 9.17) is 10.5 Å². The molecule has 0 saturated carbocycles. The van der Waals surface area contributed by atoms with Crippen molar-refractivity contribution in [2.75, 3.05) is 5.32 Å². The number of rotatable bonds is 3. The first kappa shape index (κ1) is 16.6. The summed E-state index contributed by atoms with van der Waals surface area (Å²) < 4.78 is 0. The van der Waals surface area contributed by atoms with Crippen LogP contribution in [0.3, 0.4) is 0 Å². The first-order chi connectivity index (χ1) is 11.1. The molecule has 1 amide bonds. The predicted octanol–water partition coefficient (Wildman–Crippen LogP) is 3.43. The number of amides is 1. The Morgan fingerprint density at radius 3 is 2.43 bits per heavy atom. The summed E-state index contributed by atoms with van der Waals surface area (Å²) in [6.45, 7) is 4.15. The Bertz CT molecular complexity index is 670. The van der Waals surface area contributed by atoms with Gasteiger partial charge in [-0.05, 0) is 45.2 Å². The van der Waals surface area contributed by atoms with Gasteiger partial charge in [-0.25, -0.2) is 0 Å². The molecule has 0 spiro atoms. The van der Waals surface area contributed by atoms with Crippen molar-refractivity contribution in [3.05, 3.63) is 41.6 Å². The molecular weight excluding hydrogens is 288 g/mol. The first-order valence-corrected chi connectivity index (χ1v) is 7.77. The summed E-state index contributed by atoms with van der Waals surface area (Å²) in [6, 6.07) is 11.2. The van der Waals surface area contributed by atoms with E-state index >= 15 is 0 Å². The van der Waals surface area contributed by atoms with E-state index in [2.05, 4.69) is 19.2 Å². The molecule has 0 radical (unpaired) electrons. The summed E-state index contributed by atoms with van der Waals surface area (Å²) in [7, 11) is 0. The lowest BCUT2D eigenvalue weighted by molar-refractivity contribution is 0.0512. The van der Waals surface area contributed by atoms with Crippen LogP contribution in [-0.4, -0.2) is 22.9 Å². The van der Waals surface area contributed by atoms with Crippen molar-refractivity contribution in [2.24, 2.45) is 0 Å². The third kappa shape index (κ3) is 3.70. The fourth-order valence-corrected chi connectivity index (χ4v) is 3.00. The monoisotopic (exact) mass is 308 g/mol. The van der Waals surface area contributed by atoms with Gasteiger partial charge < -0.3 is 10.2 Å². The molecule has 0 aliphatic carbocycles. The summed E-state index contributed by atoms with van der Waals surface area (Å²) in [4.78, 5) is 14.9. The van der Waals surface area contributed by atoms with Gasteiger partial charge in [-0.2, -0.15) is 10.5 Å². The van der Waals surface area contributed by atoms with Gasteiger partial charge in [0.2, 0.25) is 0 Å². The van der Waals surface area contributed by atoms with Gasteiger partial charge in [0.25, 0.3) is 5.91 Å². The third-order valence-corrected chi connectivity index (χ3v) is 4.20. The standard InChI is InChI=1S/C18H20N4O/c1-13-6-5-7-14(2)22(13)18(23)16-8-3-4-9-17(16)21-12-15(10-19)11-20/h3-4,8-9,12-14,21H,5-7H2,1-2H3. The molecule has 1 aromatic rings. The van der Waals surface area contributed by atoms with Gasteiger partial charge in [-0.3, -0.25) is 4.79 Å². The van der Waals surface area contributed by atoms with Crippen LogP contribution in [0.5, 0.6) is 0 Å². The zero-order chi connectivity index (χ0) is 16.8. The number of nitrogens with one attached hydrogen (secondary N) is 1. The van der Waals surface area contributed by atoms with Crippen LogP contribution >= 0.6 is 0 Å². The Hall–Kier alpha value is -2.79. The molecule has 2 unspecified atom stereocenters. The van der Waals surface area contributed by atoms with Crippen LogP contribution in [0, 0.1) is 22.7 Å². The number of hydrogen-bond donors (Lipinski definition) is 1. The molecule has 2 atom stereocenters. The van der Waals surface area contributed by atoms with E-state index in [1.54, 1.807) is 24.3 Å². The number of piperidine rings is 1. The molecule has 0 bridgehead atoms. The van der Waals surface area contributed by atoms with Crippen molar-refractivity contribution in [1.82, 2.24) is 4.90 Å². The van der Waals surface area contributed by atoms with E-state index in [9.17, 15) is 4.79 Å². The van der Waals surface area contributed by atoms with Crippen molar-refractivity contribution in [3.8, 4) is 12.1 Å². The number of nitriles is 2. The second kappa shape index (κ2) is 7.47. The number of anilines is 1. The molecule has 5 heteroatoms. The van der Waals surface area contributed by atoms with E-state index in [1.165, 1.54) is 6.20 Å². The summed E-state index contributed by atoms with van der Waals surface area (Å²) >= 11 is 0. The molecule has 1 aliphatic heterocycles. The Morgan fingerprint density at radius 1 is 1.22 bits per heavy atom. The maximum Gasteiger partial charge on any atom is 0.256 e. The number of nitrogens with zero attached hydrogens (tertiary/aromatic N) is 3. The van der Waals surface area contributed by atoms with Gasteiger partial charge in [0, 0.05) is 18.3 Å². The maximum atomic E-state index is 13.0. The Balaban J connectivity index is 2.30. The number of benzene rings is 1. The van der Waals surface area contributed by atoms with Gasteiger partial charge in [0.1, 0.15) is 17.7 Å². The summed E-state index contributed by atoms with van der Waals surface area (Å²) in [5.41, 5.74) is 1.12. The number of likely N-dealkylation sites (tertiary alicyclic amines) is 1. The molecule has 1 fully saturated rings. The van der Waals surface area contributed by atoms with E-state index in [0.29, 0.717) is 11.3 Å². The largest absolute Gasteiger partial charge is 0.359 e. The van der Waals surface area contributed by atoms with Gasteiger partial charge in [0.05, 0.1) is 11.3 Å². The minimum Gasteiger partial charge on any atom is -0.359 e. The average molecular weight is 308 g/mol.